The number of thioether (sulfide) groups is 1. The minimum absolute atomic E-state index is 0.0131. The van der Waals surface area contributed by atoms with Crippen LogP contribution in [0.25, 0.3) is 0 Å². The van der Waals surface area contributed by atoms with E-state index in [1.54, 1.807) is 23.9 Å². The average Bonchev–Trinajstić information content (AvgIpc) is 3.07. The van der Waals surface area contributed by atoms with Gasteiger partial charge in [0.2, 0.25) is 5.91 Å². The van der Waals surface area contributed by atoms with E-state index >= 15 is 0 Å². The Bertz CT molecular complexity index is 659. The molecule has 2 atom stereocenters. The van der Waals surface area contributed by atoms with Crippen molar-refractivity contribution in [3.05, 3.63) is 71.5 Å². The van der Waals surface area contributed by atoms with Crippen LogP contribution in [0, 0.1) is 5.82 Å². The van der Waals surface area contributed by atoms with Gasteiger partial charge in [0.25, 0.3) is 0 Å². The van der Waals surface area contributed by atoms with Crippen molar-refractivity contribution in [2.24, 2.45) is 0 Å². The first-order valence-electron chi connectivity index (χ1n) is 7.93. The Labute approximate surface area is 140 Å². The molecule has 1 fully saturated rings. The highest BCUT2D eigenvalue weighted by Crippen LogP contribution is 2.40. The minimum atomic E-state index is -0.245. The molecular weight excluding hydrogens is 309 g/mol. The standard InChI is InChI=1S/C19H20FNOS/c1-2-17(14-6-4-3-5-7-14)18(22)21-12-13-23-19(21)15-8-10-16(20)11-9-15/h3-11,17,19H,2,12-13H2,1H3. The van der Waals surface area contributed by atoms with Crippen LogP contribution in [0.4, 0.5) is 4.39 Å². The van der Waals surface area contributed by atoms with Crippen molar-refractivity contribution in [3.8, 4) is 0 Å². The first-order chi connectivity index (χ1) is 11.2. The quantitative estimate of drug-likeness (QED) is 0.817. The number of benzene rings is 2. The van der Waals surface area contributed by atoms with Gasteiger partial charge in [0.15, 0.2) is 0 Å². The summed E-state index contributed by atoms with van der Waals surface area (Å²) in [7, 11) is 0. The first kappa shape index (κ1) is 16.1. The molecule has 0 aliphatic carbocycles. The fraction of sp³-hybridized carbons (Fsp3) is 0.316. The third-order valence-electron chi connectivity index (χ3n) is 4.24. The maximum Gasteiger partial charge on any atom is 0.231 e. The number of rotatable bonds is 4. The molecule has 1 amide bonds. The summed E-state index contributed by atoms with van der Waals surface area (Å²) in [5, 5.41) is -0.0131. The lowest BCUT2D eigenvalue weighted by atomic mass is 9.95. The summed E-state index contributed by atoms with van der Waals surface area (Å²) >= 11 is 1.74. The lowest BCUT2D eigenvalue weighted by Gasteiger charge is -2.28. The van der Waals surface area contributed by atoms with Crippen LogP contribution in [0.3, 0.4) is 0 Å². The van der Waals surface area contributed by atoms with E-state index in [2.05, 4.69) is 0 Å². The van der Waals surface area contributed by atoms with Crippen LogP contribution in [0.1, 0.15) is 35.8 Å². The number of hydrogen-bond acceptors (Lipinski definition) is 2. The fourth-order valence-corrected chi connectivity index (χ4v) is 4.30. The average molecular weight is 329 g/mol. The van der Waals surface area contributed by atoms with Crippen LogP contribution in [-0.2, 0) is 4.79 Å². The van der Waals surface area contributed by atoms with E-state index in [4.69, 9.17) is 0 Å². The number of carbonyl (C=O) groups excluding carboxylic acids is 1. The molecule has 2 unspecified atom stereocenters. The second kappa shape index (κ2) is 7.18. The molecule has 0 spiro atoms. The van der Waals surface area contributed by atoms with Gasteiger partial charge in [-0.05, 0) is 29.7 Å². The van der Waals surface area contributed by atoms with Gasteiger partial charge in [0, 0.05) is 12.3 Å². The molecule has 0 aromatic heterocycles. The maximum absolute atomic E-state index is 13.1. The molecule has 4 heteroatoms. The lowest BCUT2D eigenvalue weighted by molar-refractivity contribution is -0.133. The number of halogens is 1. The minimum Gasteiger partial charge on any atom is -0.325 e. The molecule has 1 saturated heterocycles. The summed E-state index contributed by atoms with van der Waals surface area (Å²) in [4.78, 5) is 15.0. The van der Waals surface area contributed by atoms with Crippen LogP contribution in [0.5, 0.6) is 0 Å². The number of amides is 1. The third kappa shape index (κ3) is 3.42. The highest BCUT2D eigenvalue weighted by atomic mass is 32.2. The molecular formula is C19H20FNOS. The molecule has 0 N–H and O–H groups in total. The van der Waals surface area contributed by atoms with E-state index in [1.807, 2.05) is 42.2 Å². The zero-order chi connectivity index (χ0) is 16.2. The maximum atomic E-state index is 13.1. The van der Waals surface area contributed by atoms with Crippen LogP contribution in [0.15, 0.2) is 54.6 Å². The van der Waals surface area contributed by atoms with Crippen molar-refractivity contribution in [3.63, 3.8) is 0 Å². The van der Waals surface area contributed by atoms with Crippen LogP contribution in [0.2, 0.25) is 0 Å². The molecule has 23 heavy (non-hydrogen) atoms. The molecule has 1 aliphatic rings. The van der Waals surface area contributed by atoms with E-state index in [0.29, 0.717) is 0 Å². The van der Waals surface area contributed by atoms with Crippen molar-refractivity contribution >= 4 is 17.7 Å². The van der Waals surface area contributed by atoms with E-state index in [-0.39, 0.29) is 23.0 Å². The molecule has 2 nitrogen and oxygen atoms in total. The molecule has 0 radical (unpaired) electrons. The zero-order valence-corrected chi connectivity index (χ0v) is 13.9. The Morgan fingerprint density at radius 2 is 1.91 bits per heavy atom. The van der Waals surface area contributed by atoms with Crippen molar-refractivity contribution in [1.82, 2.24) is 4.90 Å². The van der Waals surface area contributed by atoms with Gasteiger partial charge in [-0.25, -0.2) is 4.39 Å². The van der Waals surface area contributed by atoms with Gasteiger partial charge in [-0.3, -0.25) is 4.79 Å². The van der Waals surface area contributed by atoms with Gasteiger partial charge >= 0.3 is 0 Å². The summed E-state index contributed by atoms with van der Waals surface area (Å²) in [6, 6.07) is 16.4. The van der Waals surface area contributed by atoms with E-state index in [9.17, 15) is 9.18 Å². The van der Waals surface area contributed by atoms with Gasteiger partial charge in [0.1, 0.15) is 11.2 Å². The molecule has 1 heterocycles. The molecule has 1 aliphatic heterocycles. The number of hydrogen-bond donors (Lipinski definition) is 0. The zero-order valence-electron chi connectivity index (χ0n) is 13.1. The summed E-state index contributed by atoms with van der Waals surface area (Å²) in [5.41, 5.74) is 2.06. The lowest BCUT2D eigenvalue weighted by Crippen LogP contribution is -2.34. The Hall–Kier alpha value is -1.81. The van der Waals surface area contributed by atoms with E-state index < -0.39 is 0 Å². The van der Waals surface area contributed by atoms with E-state index in [0.717, 1.165) is 29.8 Å². The highest BCUT2D eigenvalue weighted by molar-refractivity contribution is 7.99. The Morgan fingerprint density at radius 1 is 1.22 bits per heavy atom. The fourth-order valence-electron chi connectivity index (χ4n) is 3.04. The smallest absolute Gasteiger partial charge is 0.231 e. The van der Waals surface area contributed by atoms with Crippen molar-refractivity contribution in [2.75, 3.05) is 12.3 Å². The topological polar surface area (TPSA) is 20.3 Å². The Morgan fingerprint density at radius 3 is 2.57 bits per heavy atom. The summed E-state index contributed by atoms with van der Waals surface area (Å²) in [5.74, 6) is 0.722. The van der Waals surface area contributed by atoms with Gasteiger partial charge in [0.05, 0.1) is 5.92 Å². The molecule has 0 bridgehead atoms. The molecule has 120 valence electrons. The third-order valence-corrected chi connectivity index (χ3v) is 5.50. The summed E-state index contributed by atoms with van der Waals surface area (Å²) in [6.45, 7) is 2.79. The second-order valence-electron chi connectivity index (χ2n) is 5.68. The second-order valence-corrected chi connectivity index (χ2v) is 6.87. The first-order valence-corrected chi connectivity index (χ1v) is 8.98. The van der Waals surface area contributed by atoms with Crippen molar-refractivity contribution < 1.29 is 9.18 Å². The predicted molar refractivity (Wildman–Crippen MR) is 92.8 cm³/mol. The molecule has 2 aromatic carbocycles. The van der Waals surface area contributed by atoms with Gasteiger partial charge in [-0.15, -0.1) is 11.8 Å². The van der Waals surface area contributed by atoms with Gasteiger partial charge < -0.3 is 4.90 Å². The molecule has 0 saturated carbocycles. The van der Waals surface area contributed by atoms with Crippen molar-refractivity contribution in [2.45, 2.75) is 24.6 Å². The molecule has 3 rings (SSSR count). The highest BCUT2D eigenvalue weighted by Gasteiger charge is 2.34. The molecule has 2 aromatic rings. The summed E-state index contributed by atoms with van der Waals surface area (Å²) in [6.07, 6.45) is 0.778. The van der Waals surface area contributed by atoms with Gasteiger partial charge in [-0.2, -0.15) is 0 Å². The largest absolute Gasteiger partial charge is 0.325 e. The summed E-state index contributed by atoms with van der Waals surface area (Å²) < 4.78 is 13.1. The number of nitrogens with zero attached hydrogens (tertiary/aromatic N) is 1. The van der Waals surface area contributed by atoms with Crippen LogP contribution in [-0.4, -0.2) is 23.1 Å². The van der Waals surface area contributed by atoms with Crippen LogP contribution >= 0.6 is 11.8 Å². The Kier molecular flexibility index (Phi) is 5.01. The SMILES string of the molecule is CCC(C(=O)N1CCSC1c1ccc(F)cc1)c1ccccc1. The van der Waals surface area contributed by atoms with Gasteiger partial charge in [-0.1, -0.05) is 49.4 Å². The predicted octanol–water partition coefficient (Wildman–Crippen LogP) is 4.59. The van der Waals surface area contributed by atoms with Crippen LogP contribution < -0.4 is 0 Å². The number of carbonyl (C=O) groups is 1. The monoisotopic (exact) mass is 329 g/mol. The Balaban J connectivity index is 1.84. The normalized spacial score (nSPS) is 18.9. The van der Waals surface area contributed by atoms with Crippen molar-refractivity contribution in [1.29, 1.82) is 0 Å². The van der Waals surface area contributed by atoms with E-state index in [1.165, 1.54) is 12.1 Å².